The topological polar surface area (TPSA) is 29.1 Å². The Bertz CT molecular complexity index is 105. The van der Waals surface area contributed by atoms with Gasteiger partial charge >= 0.3 is 0 Å². The van der Waals surface area contributed by atoms with E-state index >= 15 is 0 Å². The molecule has 0 bridgehead atoms. The van der Waals surface area contributed by atoms with Crippen molar-refractivity contribution in [3.63, 3.8) is 0 Å². The Labute approximate surface area is 55.6 Å². The van der Waals surface area contributed by atoms with Crippen LogP contribution in [-0.2, 0) is 4.79 Å². The van der Waals surface area contributed by atoms with E-state index in [-0.39, 0.29) is 11.7 Å². The molecule has 1 fully saturated rings. The first-order valence-electron chi connectivity index (χ1n) is 3.35. The van der Waals surface area contributed by atoms with Crippen molar-refractivity contribution in [2.75, 3.05) is 13.1 Å². The highest BCUT2D eigenvalue weighted by atomic mass is 16.1. The minimum Gasteiger partial charge on any atom is -0.316 e. The van der Waals surface area contributed by atoms with Gasteiger partial charge in [0.1, 0.15) is 5.78 Å². The molecule has 0 aliphatic carbocycles. The summed E-state index contributed by atoms with van der Waals surface area (Å²) in [4.78, 5) is 10.7. The molecule has 0 saturated carbocycles. The first-order chi connectivity index (χ1) is 4.30. The second-order valence-electron chi connectivity index (χ2n) is 2.45. The largest absolute Gasteiger partial charge is 0.316 e. The number of rotatable bonds is 1. The molecule has 0 aromatic rings. The fraction of sp³-hybridized carbons (Fsp3) is 0.714. The van der Waals surface area contributed by atoms with Gasteiger partial charge in [0.25, 0.3) is 0 Å². The van der Waals surface area contributed by atoms with Gasteiger partial charge in [0.05, 0.1) is 0 Å². The van der Waals surface area contributed by atoms with Crippen LogP contribution in [0.1, 0.15) is 13.3 Å². The van der Waals surface area contributed by atoms with Crippen LogP contribution in [0.4, 0.5) is 0 Å². The van der Waals surface area contributed by atoms with E-state index < -0.39 is 0 Å². The summed E-state index contributed by atoms with van der Waals surface area (Å²) < 4.78 is 0. The minimum atomic E-state index is 0.179. The Hall–Kier alpha value is -0.370. The number of hydrogen-bond donors (Lipinski definition) is 1. The zero-order valence-corrected chi connectivity index (χ0v) is 5.68. The van der Waals surface area contributed by atoms with E-state index in [0.717, 1.165) is 19.5 Å². The summed E-state index contributed by atoms with van der Waals surface area (Å²) in [6, 6.07) is 0. The van der Waals surface area contributed by atoms with Crippen LogP contribution in [0.15, 0.2) is 0 Å². The lowest BCUT2D eigenvalue weighted by Crippen LogP contribution is -2.33. The van der Waals surface area contributed by atoms with Crippen LogP contribution < -0.4 is 5.32 Å². The number of piperidine rings is 1. The van der Waals surface area contributed by atoms with Gasteiger partial charge in [0.15, 0.2) is 0 Å². The highest BCUT2D eigenvalue weighted by molar-refractivity contribution is 5.79. The summed E-state index contributed by atoms with van der Waals surface area (Å²) in [6.45, 7) is 3.52. The molecule has 1 aliphatic rings. The Morgan fingerprint density at radius 3 is 2.89 bits per heavy atom. The average molecular weight is 126 g/mol. The molecule has 0 amide bonds. The van der Waals surface area contributed by atoms with E-state index in [2.05, 4.69) is 11.7 Å². The molecular formula is C7H12NO. The van der Waals surface area contributed by atoms with Crippen molar-refractivity contribution in [2.24, 2.45) is 5.92 Å². The molecule has 9 heavy (non-hydrogen) atoms. The lowest BCUT2D eigenvalue weighted by Gasteiger charge is -2.19. The monoisotopic (exact) mass is 126 g/mol. The molecule has 1 radical (unpaired) electrons. The number of Topliss-reactive ketones (excluding diaryl/α,β-unsaturated/α-hetero) is 1. The fourth-order valence-electron chi connectivity index (χ4n) is 1.04. The number of nitrogens with one attached hydrogen (secondary N) is 1. The zero-order valence-electron chi connectivity index (χ0n) is 5.68. The number of carbonyl (C=O) groups excluding carboxylic acids is 1. The first-order valence-corrected chi connectivity index (χ1v) is 3.35. The summed E-state index contributed by atoms with van der Waals surface area (Å²) >= 11 is 0. The predicted octanol–water partition coefficient (Wildman–Crippen LogP) is 0.389. The molecule has 0 aromatic heterocycles. The van der Waals surface area contributed by atoms with E-state index in [1.54, 1.807) is 6.92 Å². The maximum Gasteiger partial charge on any atom is 0.134 e. The predicted molar refractivity (Wildman–Crippen MR) is 36.0 cm³/mol. The van der Waals surface area contributed by atoms with Crippen molar-refractivity contribution in [3.05, 3.63) is 6.42 Å². The smallest absolute Gasteiger partial charge is 0.134 e. The summed E-state index contributed by atoms with van der Waals surface area (Å²) in [6.07, 6.45) is 3.13. The Morgan fingerprint density at radius 2 is 2.56 bits per heavy atom. The lowest BCUT2D eigenvalue weighted by atomic mass is 9.96. The summed E-state index contributed by atoms with van der Waals surface area (Å²) in [5, 5.41) is 3.16. The number of carbonyl (C=O) groups is 1. The molecule has 1 unspecified atom stereocenters. The van der Waals surface area contributed by atoms with Crippen molar-refractivity contribution >= 4 is 5.78 Å². The third-order valence-corrected chi connectivity index (χ3v) is 1.66. The maximum absolute atomic E-state index is 10.7. The fourth-order valence-corrected chi connectivity index (χ4v) is 1.04. The van der Waals surface area contributed by atoms with Crippen molar-refractivity contribution in [2.45, 2.75) is 13.3 Å². The quantitative estimate of drug-likeness (QED) is 0.550. The van der Waals surface area contributed by atoms with Crippen LogP contribution in [0.5, 0.6) is 0 Å². The van der Waals surface area contributed by atoms with E-state index in [1.165, 1.54) is 0 Å². The van der Waals surface area contributed by atoms with Crippen molar-refractivity contribution in [3.8, 4) is 0 Å². The summed E-state index contributed by atoms with van der Waals surface area (Å²) in [5.41, 5.74) is 0. The third kappa shape index (κ3) is 1.79. The maximum atomic E-state index is 10.7. The molecule has 1 rings (SSSR count). The third-order valence-electron chi connectivity index (χ3n) is 1.66. The summed E-state index contributed by atoms with van der Waals surface area (Å²) in [5.74, 6) is 0.459. The molecule has 0 aromatic carbocycles. The van der Waals surface area contributed by atoms with Gasteiger partial charge in [-0.25, -0.2) is 0 Å². The second-order valence-corrected chi connectivity index (χ2v) is 2.45. The Morgan fingerprint density at radius 1 is 1.78 bits per heavy atom. The summed E-state index contributed by atoms with van der Waals surface area (Å²) in [7, 11) is 0. The highest BCUT2D eigenvalue weighted by Gasteiger charge is 2.16. The number of ketones is 1. The van der Waals surface area contributed by atoms with Gasteiger partial charge in [0.2, 0.25) is 0 Å². The van der Waals surface area contributed by atoms with Crippen LogP contribution >= 0.6 is 0 Å². The molecule has 2 nitrogen and oxygen atoms in total. The molecule has 1 atom stereocenters. The second kappa shape index (κ2) is 2.97. The van der Waals surface area contributed by atoms with Gasteiger partial charge in [-0.05, 0) is 26.3 Å². The van der Waals surface area contributed by atoms with Crippen LogP contribution in [0.2, 0.25) is 0 Å². The van der Waals surface area contributed by atoms with Gasteiger partial charge < -0.3 is 5.32 Å². The average Bonchev–Trinajstić information content (AvgIpc) is 1.90. The first kappa shape index (κ1) is 6.75. The normalized spacial score (nSPS) is 27.9. The van der Waals surface area contributed by atoms with Gasteiger partial charge in [-0.3, -0.25) is 4.79 Å². The molecule has 2 heteroatoms. The SMILES string of the molecule is CC(=O)C1[CH]CCNC1. The minimum absolute atomic E-state index is 0.179. The molecular weight excluding hydrogens is 114 g/mol. The van der Waals surface area contributed by atoms with Gasteiger partial charge in [-0.2, -0.15) is 0 Å². The molecule has 0 spiro atoms. The van der Waals surface area contributed by atoms with E-state index in [4.69, 9.17) is 0 Å². The van der Waals surface area contributed by atoms with Gasteiger partial charge in [-0.1, -0.05) is 0 Å². The van der Waals surface area contributed by atoms with Crippen LogP contribution in [0.3, 0.4) is 0 Å². The lowest BCUT2D eigenvalue weighted by molar-refractivity contribution is -0.119. The Balaban J connectivity index is 2.31. The van der Waals surface area contributed by atoms with E-state index in [9.17, 15) is 4.79 Å². The van der Waals surface area contributed by atoms with Crippen molar-refractivity contribution in [1.82, 2.24) is 5.32 Å². The highest BCUT2D eigenvalue weighted by Crippen LogP contribution is 2.08. The van der Waals surface area contributed by atoms with E-state index in [0.29, 0.717) is 0 Å². The van der Waals surface area contributed by atoms with Crippen LogP contribution in [0.25, 0.3) is 0 Å². The molecule has 51 valence electrons. The van der Waals surface area contributed by atoms with Gasteiger partial charge in [-0.15, -0.1) is 0 Å². The molecule has 1 aliphatic heterocycles. The standard InChI is InChI=1S/C7H12NO/c1-6(9)7-3-2-4-8-5-7/h3,7-8H,2,4-5H2,1H3. The van der Waals surface area contributed by atoms with Crippen molar-refractivity contribution in [1.29, 1.82) is 0 Å². The van der Waals surface area contributed by atoms with Crippen LogP contribution in [-0.4, -0.2) is 18.9 Å². The molecule has 1 N–H and O–H groups in total. The van der Waals surface area contributed by atoms with Crippen molar-refractivity contribution < 1.29 is 4.79 Å². The number of hydrogen-bond acceptors (Lipinski definition) is 2. The molecule has 1 heterocycles. The zero-order chi connectivity index (χ0) is 6.69. The van der Waals surface area contributed by atoms with E-state index in [1.807, 2.05) is 0 Å². The van der Waals surface area contributed by atoms with Gasteiger partial charge in [0, 0.05) is 12.5 Å². The Kier molecular flexibility index (Phi) is 2.22. The molecule has 1 saturated heterocycles. The van der Waals surface area contributed by atoms with Crippen LogP contribution in [0, 0.1) is 12.3 Å².